The van der Waals surface area contributed by atoms with Crippen LogP contribution < -0.4 is 54.5 Å². The number of nitrogens with zero attached hydrogens (tertiary/aromatic N) is 5. The number of nitrogens with one attached hydrogen (secondary N) is 2. The molecular weight excluding hydrogens is 606 g/mol. The molecule has 260 valence electrons. The van der Waals surface area contributed by atoms with E-state index in [2.05, 4.69) is 20.4 Å². The number of methoxy groups -OCH3 is 2. The lowest BCUT2D eigenvalue weighted by Gasteiger charge is -2.30. The molecule has 5 rings (SSSR count). The number of hydrogen-bond acceptors (Lipinski definition) is 15. The van der Waals surface area contributed by atoms with Crippen LogP contribution in [0.15, 0.2) is 30.3 Å². The third-order valence-electron chi connectivity index (χ3n) is 7.16. The van der Waals surface area contributed by atoms with Crippen LogP contribution in [0.5, 0.6) is 23.0 Å². The van der Waals surface area contributed by atoms with Gasteiger partial charge in [0.15, 0.2) is 11.5 Å². The highest BCUT2D eigenvalue weighted by Gasteiger charge is 2.22. The molecule has 2 aliphatic rings. The van der Waals surface area contributed by atoms with Gasteiger partial charge in [-0.25, -0.2) is 0 Å². The molecule has 2 saturated heterocycles. The number of aromatic hydroxyl groups is 2. The minimum absolute atomic E-state index is 0. The van der Waals surface area contributed by atoms with Crippen LogP contribution >= 0.6 is 12.4 Å². The van der Waals surface area contributed by atoms with Gasteiger partial charge in [-0.05, 0) is 62.8 Å². The summed E-state index contributed by atoms with van der Waals surface area (Å²) in [5.41, 5.74) is 0.688. The van der Waals surface area contributed by atoms with E-state index in [1.165, 1.54) is 45.3 Å². The molecule has 3 aromatic rings. The summed E-state index contributed by atoms with van der Waals surface area (Å²) >= 11 is 0. The first-order chi connectivity index (χ1) is 19.5. The first kappa shape index (κ1) is 40.6. The van der Waals surface area contributed by atoms with Crippen molar-refractivity contribution in [3.8, 4) is 23.0 Å². The molecule has 1 amide bonds. The maximum absolute atomic E-state index is 12.9. The molecule has 1 aromatic heterocycles. The number of phenols is 2. The number of carbonyl (C=O) groups is 1. The van der Waals surface area contributed by atoms with Gasteiger partial charge in [-0.1, -0.05) is 0 Å². The van der Waals surface area contributed by atoms with Crippen LogP contribution in [0, 0.1) is 0 Å². The van der Waals surface area contributed by atoms with Crippen LogP contribution in [-0.2, 0) is 0 Å². The largest absolute Gasteiger partial charge is 0.506 e. The summed E-state index contributed by atoms with van der Waals surface area (Å²) in [6.07, 6.45) is 6.84. The standard InChI is InChI=1S/C28H35N7O5.ClH.4H3N.4H2/c1-39-22-12-10-19(23(37)24(22)40-2)25(38)30-20-11-9-18(17-21(20)36)29-26-31-27(34-13-5-3-6-14-34)33-28(32-26)35-15-7-4-8-16-35;;;;;;;;;/h9-12,17,36-37H,3-8,13-16H2,1-2H3,(H,30,38)(H,29,31,32,33);1H;4*1H3;4*1H. The molecule has 2 aromatic carbocycles. The Morgan fingerprint density at radius 3 is 1.84 bits per heavy atom. The topological polar surface area (TPSA) is 285 Å². The van der Waals surface area contributed by atoms with Crippen molar-refractivity contribution < 1.29 is 30.2 Å². The van der Waals surface area contributed by atoms with Gasteiger partial charge in [-0.15, -0.1) is 12.4 Å². The van der Waals surface area contributed by atoms with E-state index in [9.17, 15) is 15.0 Å². The molecule has 16 nitrogen and oxygen atoms in total. The maximum Gasteiger partial charge on any atom is 0.259 e. The van der Waals surface area contributed by atoms with Gasteiger partial charge in [0.05, 0.1) is 25.5 Å². The monoisotopic (exact) mass is 661 g/mol. The number of halogens is 1. The van der Waals surface area contributed by atoms with E-state index in [1.807, 2.05) is 0 Å². The van der Waals surface area contributed by atoms with Crippen LogP contribution in [0.25, 0.3) is 0 Å². The molecule has 0 saturated carbocycles. The van der Waals surface area contributed by atoms with Crippen molar-refractivity contribution in [3.05, 3.63) is 35.9 Å². The normalized spacial score (nSPS) is 13.7. The summed E-state index contributed by atoms with van der Waals surface area (Å²) in [7, 11) is 2.80. The SMILES string of the molecule is COc1ccc(C(=O)Nc2ccc(Nc3nc(N4CCCCC4)nc(N4CCCCC4)n3)cc2O)c(O)c1OC.Cl.N.N.N.N.[HH].[HH].[HH].[HH]. The summed E-state index contributed by atoms with van der Waals surface area (Å²) in [6, 6.07) is 7.68. The van der Waals surface area contributed by atoms with Crippen LogP contribution in [0.1, 0.15) is 54.6 Å². The lowest BCUT2D eigenvalue weighted by atomic mass is 10.1. The minimum atomic E-state index is -0.621. The van der Waals surface area contributed by atoms with Crippen LogP contribution in [0.3, 0.4) is 0 Å². The van der Waals surface area contributed by atoms with Crippen molar-refractivity contribution in [2.45, 2.75) is 38.5 Å². The highest BCUT2D eigenvalue weighted by molar-refractivity contribution is 6.07. The predicted octanol–water partition coefficient (Wildman–Crippen LogP) is 6.33. The van der Waals surface area contributed by atoms with Crippen molar-refractivity contribution in [1.82, 2.24) is 39.6 Å². The van der Waals surface area contributed by atoms with Crippen molar-refractivity contribution in [2.75, 3.05) is 60.8 Å². The van der Waals surface area contributed by atoms with E-state index < -0.39 is 5.91 Å². The van der Waals surface area contributed by atoms with Gasteiger partial charge in [-0.3, -0.25) is 4.79 Å². The molecular formula is C28H56ClN11O5. The molecule has 0 spiro atoms. The highest BCUT2D eigenvalue weighted by Crippen LogP contribution is 2.39. The number of carbonyl (C=O) groups excluding carboxylic acids is 1. The number of anilines is 5. The number of hydrogen-bond donors (Lipinski definition) is 8. The molecule has 45 heavy (non-hydrogen) atoms. The zero-order chi connectivity index (χ0) is 28.1. The third-order valence-corrected chi connectivity index (χ3v) is 7.16. The van der Waals surface area contributed by atoms with Crippen molar-refractivity contribution in [1.29, 1.82) is 0 Å². The van der Waals surface area contributed by atoms with E-state index in [0.717, 1.165) is 51.9 Å². The number of ether oxygens (including phenoxy) is 2. The number of benzene rings is 2. The van der Waals surface area contributed by atoms with Crippen molar-refractivity contribution in [3.63, 3.8) is 0 Å². The summed E-state index contributed by atoms with van der Waals surface area (Å²) in [5.74, 6) is 0.887. The number of rotatable bonds is 8. The zero-order valence-corrected chi connectivity index (χ0v) is 26.9. The highest BCUT2D eigenvalue weighted by atomic mass is 35.5. The van der Waals surface area contributed by atoms with Crippen LogP contribution in [0.4, 0.5) is 29.2 Å². The van der Waals surface area contributed by atoms with Gasteiger partial charge in [0.2, 0.25) is 23.6 Å². The van der Waals surface area contributed by atoms with E-state index in [-0.39, 0.29) is 71.2 Å². The van der Waals surface area contributed by atoms with E-state index in [1.54, 1.807) is 12.1 Å². The number of piperidine rings is 2. The minimum Gasteiger partial charge on any atom is -0.506 e. The quantitative estimate of drug-likeness (QED) is 0.122. The summed E-state index contributed by atoms with van der Waals surface area (Å²) in [5, 5.41) is 27.0. The fourth-order valence-electron chi connectivity index (χ4n) is 5.01. The Balaban J connectivity index is -0.000000717. The Bertz CT molecular complexity index is 1360. The number of phenolic OH excluding ortho intramolecular Hbond substituents is 2. The van der Waals surface area contributed by atoms with Gasteiger partial charge in [0, 0.05) is 43.6 Å². The average Bonchev–Trinajstić information content (AvgIpc) is 2.99. The number of aromatic nitrogens is 3. The Morgan fingerprint density at radius 2 is 1.36 bits per heavy atom. The Kier molecular flexibility index (Phi) is 16.7. The Morgan fingerprint density at radius 1 is 0.800 bits per heavy atom. The van der Waals surface area contributed by atoms with Crippen molar-refractivity contribution >= 4 is 47.5 Å². The smallest absolute Gasteiger partial charge is 0.259 e. The molecule has 0 aliphatic carbocycles. The second-order valence-corrected chi connectivity index (χ2v) is 9.86. The summed E-state index contributed by atoms with van der Waals surface area (Å²) in [6.45, 7) is 3.64. The fraction of sp³-hybridized carbons (Fsp3) is 0.429. The molecule has 0 unspecified atom stereocenters. The Labute approximate surface area is 275 Å². The van der Waals surface area contributed by atoms with E-state index in [0.29, 0.717) is 29.3 Å². The first-order valence-corrected chi connectivity index (χ1v) is 13.6. The molecule has 2 fully saturated rings. The van der Waals surface area contributed by atoms with E-state index in [4.69, 9.17) is 24.4 Å². The fourth-order valence-corrected chi connectivity index (χ4v) is 5.01. The predicted molar refractivity (Wildman–Crippen MR) is 188 cm³/mol. The van der Waals surface area contributed by atoms with Gasteiger partial charge in [0.1, 0.15) is 5.75 Å². The molecule has 3 heterocycles. The van der Waals surface area contributed by atoms with Crippen LogP contribution in [0.2, 0.25) is 0 Å². The molecule has 0 atom stereocenters. The van der Waals surface area contributed by atoms with Gasteiger partial charge in [0.25, 0.3) is 5.91 Å². The second kappa shape index (κ2) is 18.5. The summed E-state index contributed by atoms with van der Waals surface area (Å²) in [4.78, 5) is 31.5. The molecule has 0 radical (unpaired) electrons. The maximum atomic E-state index is 12.9. The van der Waals surface area contributed by atoms with Gasteiger partial charge in [-0.2, -0.15) is 15.0 Å². The first-order valence-electron chi connectivity index (χ1n) is 13.6. The third kappa shape index (κ3) is 9.32. The Hall–Kier alpha value is -4.35. The lowest BCUT2D eigenvalue weighted by molar-refractivity contribution is 0.102. The molecule has 0 bridgehead atoms. The van der Waals surface area contributed by atoms with E-state index >= 15 is 0 Å². The zero-order valence-electron chi connectivity index (χ0n) is 26.0. The summed E-state index contributed by atoms with van der Waals surface area (Å²) < 4.78 is 10.3. The lowest BCUT2D eigenvalue weighted by Crippen LogP contribution is -2.34. The van der Waals surface area contributed by atoms with Gasteiger partial charge < -0.3 is 64.7 Å². The van der Waals surface area contributed by atoms with Crippen LogP contribution in [-0.4, -0.2) is 71.5 Å². The second-order valence-electron chi connectivity index (χ2n) is 9.86. The average molecular weight is 662 g/mol. The van der Waals surface area contributed by atoms with Crippen molar-refractivity contribution in [2.24, 2.45) is 0 Å². The molecule has 16 N–H and O–H groups in total. The van der Waals surface area contributed by atoms with Gasteiger partial charge >= 0.3 is 0 Å². The molecule has 2 aliphatic heterocycles. The molecule has 17 heteroatoms. The number of amides is 1.